The number of pyridine rings is 1. The molecule has 11 nitrogen and oxygen atoms in total. The summed E-state index contributed by atoms with van der Waals surface area (Å²) in [5, 5.41) is 6.49. The number of nitrogens with one attached hydrogen (secondary N) is 2. The Balaban J connectivity index is 1.33. The summed E-state index contributed by atoms with van der Waals surface area (Å²) < 4.78 is 5.75. The maximum absolute atomic E-state index is 13.0. The molecule has 1 spiro atoms. The Morgan fingerprint density at radius 2 is 2.03 bits per heavy atom. The highest BCUT2D eigenvalue weighted by atomic mass is 16.6. The summed E-state index contributed by atoms with van der Waals surface area (Å²) in [4.78, 5) is 44.5. The van der Waals surface area contributed by atoms with Crippen molar-refractivity contribution in [2.24, 2.45) is 0 Å². The number of piperidine rings is 1. The zero-order valence-electron chi connectivity index (χ0n) is 22.3. The van der Waals surface area contributed by atoms with E-state index in [4.69, 9.17) is 9.72 Å². The lowest BCUT2D eigenvalue weighted by Crippen LogP contribution is -2.48. The fourth-order valence-electron chi connectivity index (χ4n) is 5.53. The fourth-order valence-corrected chi connectivity index (χ4v) is 5.53. The standard InChI is InChI=1S/C27H36N8O3/c1-4-21(24(36)33(2)3)35(19-8-5-6-9-19)23-12-15-29-25(32-23)31-22-11-10-20(16-30-22)34-18-27(38-26(34)37)13-7-14-28-17-27/h4,10-12,15-16,19,28H,5-9,13-14,17-18H2,1-3H3,(H,29,30,31,32)/b21-4-/t27-/m0/s1. The normalized spacial score (nSPS) is 22.0. The first-order valence-corrected chi connectivity index (χ1v) is 13.3. The molecule has 0 unspecified atom stereocenters. The number of rotatable bonds is 7. The molecule has 2 amide bonds. The molecule has 0 aromatic carbocycles. The first-order valence-electron chi connectivity index (χ1n) is 13.3. The van der Waals surface area contributed by atoms with Gasteiger partial charge in [0.25, 0.3) is 5.91 Å². The molecule has 2 aromatic rings. The summed E-state index contributed by atoms with van der Waals surface area (Å²) in [6.45, 7) is 4.01. The molecule has 5 rings (SSSR count). The lowest BCUT2D eigenvalue weighted by molar-refractivity contribution is -0.124. The van der Waals surface area contributed by atoms with Gasteiger partial charge >= 0.3 is 6.09 Å². The summed E-state index contributed by atoms with van der Waals surface area (Å²) in [7, 11) is 3.52. The molecule has 1 aliphatic carbocycles. The third-order valence-electron chi connectivity index (χ3n) is 7.44. The van der Waals surface area contributed by atoms with E-state index in [2.05, 4.69) is 20.6 Å². The highest BCUT2D eigenvalue weighted by molar-refractivity contribution is 5.96. The van der Waals surface area contributed by atoms with Crippen LogP contribution in [0.15, 0.2) is 42.4 Å². The molecular weight excluding hydrogens is 484 g/mol. The van der Waals surface area contributed by atoms with Crippen LogP contribution in [0.25, 0.3) is 0 Å². The monoisotopic (exact) mass is 520 g/mol. The maximum atomic E-state index is 13.0. The minimum Gasteiger partial charge on any atom is -0.439 e. The number of hydrogen-bond acceptors (Lipinski definition) is 9. The number of amides is 2. The van der Waals surface area contributed by atoms with Gasteiger partial charge in [0.1, 0.15) is 22.9 Å². The molecule has 1 atom stereocenters. The Labute approximate surface area is 223 Å². The van der Waals surface area contributed by atoms with Crippen LogP contribution in [0.1, 0.15) is 45.4 Å². The second kappa shape index (κ2) is 10.9. The molecule has 0 bridgehead atoms. The van der Waals surface area contributed by atoms with E-state index in [1.54, 1.807) is 42.4 Å². The number of carbonyl (C=O) groups is 2. The molecule has 202 valence electrons. The van der Waals surface area contributed by atoms with Crippen molar-refractivity contribution in [1.82, 2.24) is 25.2 Å². The van der Waals surface area contributed by atoms with Crippen LogP contribution in [0.5, 0.6) is 0 Å². The van der Waals surface area contributed by atoms with Crippen LogP contribution in [0.2, 0.25) is 0 Å². The van der Waals surface area contributed by atoms with Crippen LogP contribution in [0.3, 0.4) is 0 Å². The highest BCUT2D eigenvalue weighted by Gasteiger charge is 2.46. The average molecular weight is 521 g/mol. The summed E-state index contributed by atoms with van der Waals surface area (Å²) in [6.07, 6.45) is 11.0. The first kappa shape index (κ1) is 25.9. The topological polar surface area (TPSA) is 116 Å². The molecule has 3 aliphatic rings. The molecule has 4 heterocycles. The van der Waals surface area contributed by atoms with E-state index in [0.717, 1.165) is 45.1 Å². The van der Waals surface area contributed by atoms with E-state index < -0.39 is 5.60 Å². The van der Waals surface area contributed by atoms with Crippen LogP contribution in [0, 0.1) is 0 Å². The second-order valence-electron chi connectivity index (χ2n) is 10.4. The third kappa shape index (κ3) is 5.28. The maximum Gasteiger partial charge on any atom is 0.415 e. The van der Waals surface area contributed by atoms with Crippen molar-refractivity contribution in [3.8, 4) is 0 Å². The van der Waals surface area contributed by atoms with E-state index in [0.29, 0.717) is 42.1 Å². The summed E-state index contributed by atoms with van der Waals surface area (Å²) >= 11 is 0. The van der Waals surface area contributed by atoms with Crippen LogP contribution >= 0.6 is 0 Å². The SMILES string of the molecule is C/C=C(/C(=O)N(C)C)N(c1ccnc(Nc2ccc(N3C[C@@]4(CCCNC4)OC3=O)cn2)n1)C1CCCC1. The van der Waals surface area contributed by atoms with Crippen molar-refractivity contribution in [1.29, 1.82) is 0 Å². The predicted molar refractivity (Wildman–Crippen MR) is 145 cm³/mol. The number of aromatic nitrogens is 3. The summed E-state index contributed by atoms with van der Waals surface area (Å²) in [6, 6.07) is 5.67. The van der Waals surface area contributed by atoms with Crippen molar-refractivity contribution in [3.05, 3.63) is 42.4 Å². The number of anilines is 4. The Morgan fingerprint density at radius 1 is 1.21 bits per heavy atom. The van der Waals surface area contributed by atoms with Crippen LogP contribution in [0.4, 0.5) is 28.1 Å². The van der Waals surface area contributed by atoms with E-state index in [-0.39, 0.29) is 18.0 Å². The van der Waals surface area contributed by atoms with Gasteiger partial charge in [-0.3, -0.25) is 9.69 Å². The molecule has 1 saturated carbocycles. The van der Waals surface area contributed by atoms with Crippen LogP contribution in [-0.2, 0) is 9.53 Å². The minimum absolute atomic E-state index is 0.0593. The van der Waals surface area contributed by atoms with Gasteiger partial charge in [-0.25, -0.2) is 14.8 Å². The average Bonchev–Trinajstić information content (AvgIpc) is 3.56. The number of carbonyl (C=O) groups excluding carboxylic acids is 2. The van der Waals surface area contributed by atoms with Gasteiger partial charge < -0.3 is 25.2 Å². The second-order valence-corrected chi connectivity index (χ2v) is 10.4. The van der Waals surface area contributed by atoms with Gasteiger partial charge in [-0.15, -0.1) is 0 Å². The molecule has 2 aromatic heterocycles. The molecule has 2 saturated heterocycles. The molecule has 11 heteroatoms. The van der Waals surface area contributed by atoms with Gasteiger partial charge in [0.05, 0.1) is 18.4 Å². The summed E-state index contributed by atoms with van der Waals surface area (Å²) in [5.74, 6) is 1.54. The van der Waals surface area contributed by atoms with Gasteiger partial charge in [-0.05, 0) is 57.4 Å². The van der Waals surface area contributed by atoms with E-state index in [9.17, 15) is 9.59 Å². The van der Waals surface area contributed by atoms with Crippen molar-refractivity contribution in [2.75, 3.05) is 48.8 Å². The molecule has 38 heavy (non-hydrogen) atoms. The lowest BCUT2D eigenvalue weighted by Gasteiger charge is -2.32. The van der Waals surface area contributed by atoms with Gasteiger partial charge in [0.15, 0.2) is 0 Å². The van der Waals surface area contributed by atoms with Crippen molar-refractivity contribution in [3.63, 3.8) is 0 Å². The number of nitrogens with zero attached hydrogens (tertiary/aromatic N) is 6. The number of hydrogen-bond donors (Lipinski definition) is 2. The number of likely N-dealkylation sites (N-methyl/N-ethyl adjacent to an activating group) is 1. The van der Waals surface area contributed by atoms with E-state index >= 15 is 0 Å². The van der Waals surface area contributed by atoms with Gasteiger partial charge in [0.2, 0.25) is 5.95 Å². The van der Waals surface area contributed by atoms with Crippen LogP contribution < -0.4 is 20.4 Å². The van der Waals surface area contributed by atoms with E-state index in [1.807, 2.05) is 30.0 Å². The van der Waals surface area contributed by atoms with Crippen molar-refractivity contribution >= 4 is 35.3 Å². The third-order valence-corrected chi connectivity index (χ3v) is 7.44. The lowest BCUT2D eigenvalue weighted by atomic mass is 9.94. The molecule has 3 fully saturated rings. The molecular formula is C27H36N8O3. The largest absolute Gasteiger partial charge is 0.439 e. The summed E-state index contributed by atoms with van der Waals surface area (Å²) in [5.41, 5.74) is 0.827. The van der Waals surface area contributed by atoms with Crippen LogP contribution in [-0.4, -0.2) is 77.2 Å². The Hall–Kier alpha value is -3.73. The van der Waals surface area contributed by atoms with Crippen molar-refractivity contribution in [2.45, 2.75) is 57.1 Å². The predicted octanol–water partition coefficient (Wildman–Crippen LogP) is 3.44. The molecule has 0 radical (unpaired) electrons. The van der Waals surface area contributed by atoms with Gasteiger partial charge in [0, 0.05) is 32.9 Å². The quantitative estimate of drug-likeness (QED) is 0.530. The Bertz CT molecular complexity index is 1190. The Kier molecular flexibility index (Phi) is 7.46. The minimum atomic E-state index is -0.467. The first-order chi connectivity index (χ1) is 18.4. The zero-order chi connectivity index (χ0) is 26.7. The fraction of sp³-hybridized carbons (Fsp3) is 0.519. The zero-order valence-corrected chi connectivity index (χ0v) is 22.3. The van der Waals surface area contributed by atoms with Gasteiger partial charge in [-0.1, -0.05) is 18.9 Å². The van der Waals surface area contributed by atoms with Crippen molar-refractivity contribution < 1.29 is 14.3 Å². The number of allylic oxidation sites excluding steroid dienone is 1. The number of ether oxygens (including phenoxy) is 1. The molecule has 2 N–H and O–H groups in total. The van der Waals surface area contributed by atoms with Gasteiger partial charge in [-0.2, -0.15) is 4.98 Å². The molecule has 2 aliphatic heterocycles. The highest BCUT2D eigenvalue weighted by Crippen LogP contribution is 2.33. The smallest absolute Gasteiger partial charge is 0.415 e. The van der Waals surface area contributed by atoms with E-state index in [1.165, 1.54) is 0 Å². The Morgan fingerprint density at radius 3 is 2.68 bits per heavy atom.